The summed E-state index contributed by atoms with van der Waals surface area (Å²) in [7, 11) is 0. The van der Waals surface area contributed by atoms with Crippen LogP contribution in [0.1, 0.15) is 16.8 Å². The monoisotopic (exact) mass is 293 g/mol. The molecule has 1 atom stereocenters. The Balaban J connectivity index is 2.55. The van der Waals surface area contributed by atoms with Gasteiger partial charge in [-0.2, -0.15) is 0 Å². The van der Waals surface area contributed by atoms with Crippen LogP contribution in [0, 0.1) is 0 Å². The van der Waals surface area contributed by atoms with Crippen molar-refractivity contribution in [2.24, 2.45) is 0 Å². The zero-order valence-electron chi connectivity index (χ0n) is 8.93. The second kappa shape index (κ2) is 6.48. The third-order valence-corrected chi connectivity index (χ3v) is 2.42. The van der Waals surface area contributed by atoms with Gasteiger partial charge in [-0.1, -0.05) is 23.2 Å². The van der Waals surface area contributed by atoms with Gasteiger partial charge < -0.3 is 15.5 Å². The lowest BCUT2D eigenvalue weighted by molar-refractivity contribution is -0.146. The van der Waals surface area contributed by atoms with Crippen LogP contribution in [-0.2, 0) is 4.79 Å². The van der Waals surface area contributed by atoms with E-state index in [0.29, 0.717) is 0 Å². The van der Waals surface area contributed by atoms with Crippen molar-refractivity contribution in [1.82, 2.24) is 15.5 Å². The van der Waals surface area contributed by atoms with Crippen LogP contribution in [0.5, 0.6) is 0 Å². The Hall–Kier alpha value is -1.44. The first-order valence-corrected chi connectivity index (χ1v) is 5.55. The molecule has 1 amide bonds. The molecule has 1 unspecified atom stereocenters. The van der Waals surface area contributed by atoms with Gasteiger partial charge in [-0.15, -0.1) is 10.2 Å². The van der Waals surface area contributed by atoms with Gasteiger partial charge in [0, 0.05) is 13.0 Å². The number of nitrogens with zero attached hydrogens (tertiary/aromatic N) is 2. The minimum absolute atomic E-state index is 0.00937. The summed E-state index contributed by atoms with van der Waals surface area (Å²) in [6.07, 6.45) is -1.65. The van der Waals surface area contributed by atoms with Gasteiger partial charge in [0.15, 0.2) is 16.4 Å². The molecule has 0 aliphatic rings. The summed E-state index contributed by atoms with van der Waals surface area (Å²) >= 11 is 11.2. The molecule has 0 radical (unpaired) electrons. The van der Waals surface area contributed by atoms with Crippen molar-refractivity contribution in [2.45, 2.75) is 12.5 Å². The van der Waals surface area contributed by atoms with Crippen molar-refractivity contribution in [2.75, 3.05) is 6.54 Å². The van der Waals surface area contributed by atoms with Crippen LogP contribution in [0.25, 0.3) is 0 Å². The summed E-state index contributed by atoms with van der Waals surface area (Å²) in [5.41, 5.74) is 0.0291. The summed E-state index contributed by atoms with van der Waals surface area (Å²) in [6, 6.07) is 1.24. The summed E-state index contributed by atoms with van der Waals surface area (Å²) in [4.78, 5) is 21.9. The summed E-state index contributed by atoms with van der Waals surface area (Å²) in [5.74, 6) is -1.93. The SMILES string of the molecule is O=C(NCCC(O)C(=O)O)c1cc(Cl)nnc1Cl. The summed E-state index contributed by atoms with van der Waals surface area (Å²) < 4.78 is 0. The lowest BCUT2D eigenvalue weighted by atomic mass is 10.2. The maximum Gasteiger partial charge on any atom is 0.332 e. The number of aliphatic carboxylic acids is 1. The standard InChI is InChI=1S/C9H9Cl2N3O4/c10-6-3-4(7(11)14-13-6)8(16)12-2-1-5(15)9(17)18/h3,5,15H,1-2H2,(H,12,16)(H,17,18). The number of aliphatic hydroxyl groups excluding tert-OH is 1. The predicted molar refractivity (Wildman–Crippen MR) is 62.6 cm³/mol. The number of nitrogens with one attached hydrogen (secondary N) is 1. The molecule has 98 valence electrons. The highest BCUT2D eigenvalue weighted by molar-refractivity contribution is 6.34. The van der Waals surface area contributed by atoms with Crippen molar-refractivity contribution in [1.29, 1.82) is 0 Å². The highest BCUT2D eigenvalue weighted by Gasteiger charge is 2.15. The Bertz CT molecular complexity index is 469. The molecule has 0 saturated heterocycles. The van der Waals surface area contributed by atoms with Crippen molar-refractivity contribution in [3.63, 3.8) is 0 Å². The van der Waals surface area contributed by atoms with E-state index in [4.69, 9.17) is 33.4 Å². The third kappa shape index (κ3) is 4.10. The molecule has 0 aliphatic carbocycles. The normalized spacial score (nSPS) is 11.9. The molecule has 0 saturated carbocycles. The molecule has 18 heavy (non-hydrogen) atoms. The highest BCUT2D eigenvalue weighted by Crippen LogP contribution is 2.14. The summed E-state index contributed by atoms with van der Waals surface area (Å²) in [6.45, 7) is -0.0252. The second-order valence-electron chi connectivity index (χ2n) is 3.27. The van der Waals surface area contributed by atoms with Gasteiger partial charge in [0.1, 0.15) is 0 Å². The van der Waals surface area contributed by atoms with Crippen LogP contribution < -0.4 is 5.32 Å². The molecular formula is C9H9Cl2N3O4. The number of carbonyl (C=O) groups is 2. The minimum atomic E-state index is -1.53. The van der Waals surface area contributed by atoms with Gasteiger partial charge in [-0.05, 0) is 6.07 Å². The first-order valence-electron chi connectivity index (χ1n) is 4.79. The predicted octanol–water partition coefficient (Wildman–Crippen LogP) is 0.349. The van der Waals surface area contributed by atoms with E-state index in [-0.39, 0.29) is 28.8 Å². The van der Waals surface area contributed by atoms with Crippen molar-refractivity contribution in [3.8, 4) is 0 Å². The number of aliphatic hydroxyl groups is 1. The molecule has 1 heterocycles. The number of halogens is 2. The van der Waals surface area contributed by atoms with Gasteiger partial charge in [-0.3, -0.25) is 4.79 Å². The third-order valence-electron chi connectivity index (χ3n) is 1.95. The molecule has 0 fully saturated rings. The topological polar surface area (TPSA) is 112 Å². The lowest BCUT2D eigenvalue weighted by Crippen LogP contribution is -2.30. The second-order valence-corrected chi connectivity index (χ2v) is 4.02. The van der Waals surface area contributed by atoms with E-state index in [2.05, 4.69) is 15.5 Å². The molecule has 3 N–H and O–H groups in total. The summed E-state index contributed by atoms with van der Waals surface area (Å²) in [5, 5.41) is 26.6. The number of hydrogen-bond donors (Lipinski definition) is 3. The van der Waals surface area contributed by atoms with Crippen LogP contribution in [-0.4, -0.2) is 44.9 Å². The first kappa shape index (κ1) is 14.6. The number of carbonyl (C=O) groups excluding carboxylic acids is 1. The molecule has 0 bridgehead atoms. The van der Waals surface area contributed by atoms with Crippen LogP contribution in [0.3, 0.4) is 0 Å². The van der Waals surface area contributed by atoms with E-state index >= 15 is 0 Å². The maximum absolute atomic E-state index is 11.6. The van der Waals surface area contributed by atoms with Gasteiger partial charge in [0.25, 0.3) is 5.91 Å². The molecular weight excluding hydrogens is 285 g/mol. The molecule has 1 aromatic rings. The number of amides is 1. The lowest BCUT2D eigenvalue weighted by Gasteiger charge is -2.07. The zero-order chi connectivity index (χ0) is 13.7. The van der Waals surface area contributed by atoms with Gasteiger partial charge in [0.05, 0.1) is 5.56 Å². The van der Waals surface area contributed by atoms with Gasteiger partial charge in [-0.25, -0.2) is 4.79 Å². The van der Waals surface area contributed by atoms with E-state index in [1.54, 1.807) is 0 Å². The fourth-order valence-electron chi connectivity index (χ4n) is 1.05. The Kier molecular flexibility index (Phi) is 5.26. The smallest absolute Gasteiger partial charge is 0.332 e. The molecule has 0 aliphatic heterocycles. The first-order chi connectivity index (χ1) is 8.41. The zero-order valence-corrected chi connectivity index (χ0v) is 10.4. The largest absolute Gasteiger partial charge is 0.479 e. The van der Waals surface area contributed by atoms with E-state index in [9.17, 15) is 9.59 Å². The number of carboxylic acid groups (broad SMARTS) is 1. The van der Waals surface area contributed by atoms with Gasteiger partial charge >= 0.3 is 5.97 Å². The Morgan fingerprint density at radius 2 is 2.06 bits per heavy atom. The quantitative estimate of drug-likeness (QED) is 0.722. The van der Waals surface area contributed by atoms with Crippen molar-refractivity contribution in [3.05, 3.63) is 21.9 Å². The fourth-order valence-corrected chi connectivity index (χ4v) is 1.38. The minimum Gasteiger partial charge on any atom is -0.479 e. The highest BCUT2D eigenvalue weighted by atomic mass is 35.5. The van der Waals surface area contributed by atoms with Crippen LogP contribution in [0.2, 0.25) is 10.3 Å². The number of hydrogen-bond acceptors (Lipinski definition) is 5. The molecule has 1 rings (SSSR count). The molecule has 9 heteroatoms. The Morgan fingerprint density at radius 3 is 2.67 bits per heavy atom. The number of aromatic nitrogens is 2. The molecule has 1 aromatic heterocycles. The van der Waals surface area contributed by atoms with E-state index < -0.39 is 18.0 Å². The van der Waals surface area contributed by atoms with Gasteiger partial charge in [0.2, 0.25) is 0 Å². The Morgan fingerprint density at radius 1 is 1.39 bits per heavy atom. The fraction of sp³-hybridized carbons (Fsp3) is 0.333. The molecule has 0 aromatic carbocycles. The van der Waals surface area contributed by atoms with Crippen LogP contribution in [0.4, 0.5) is 0 Å². The van der Waals surface area contributed by atoms with Crippen LogP contribution in [0.15, 0.2) is 6.07 Å². The van der Waals surface area contributed by atoms with Crippen molar-refractivity contribution < 1.29 is 19.8 Å². The number of rotatable bonds is 5. The molecule has 0 spiro atoms. The van der Waals surface area contributed by atoms with Crippen molar-refractivity contribution >= 4 is 35.1 Å². The van der Waals surface area contributed by atoms with E-state index in [0.717, 1.165) is 0 Å². The van der Waals surface area contributed by atoms with E-state index in [1.807, 2.05) is 0 Å². The number of carboxylic acids is 1. The Labute approximate surface area is 112 Å². The van der Waals surface area contributed by atoms with Crippen LogP contribution >= 0.6 is 23.2 Å². The average Bonchev–Trinajstić information content (AvgIpc) is 2.31. The molecule has 7 nitrogen and oxygen atoms in total. The maximum atomic E-state index is 11.6. The average molecular weight is 294 g/mol. The van der Waals surface area contributed by atoms with E-state index in [1.165, 1.54) is 6.07 Å².